The van der Waals surface area contributed by atoms with Crippen molar-refractivity contribution in [2.45, 2.75) is 134 Å². The highest BCUT2D eigenvalue weighted by atomic mass is 32.1. The minimum Gasteiger partial charge on any atom is -0.383 e. The van der Waals surface area contributed by atoms with Gasteiger partial charge >= 0.3 is 13.3 Å². The number of imide groups is 1. The van der Waals surface area contributed by atoms with Crippen molar-refractivity contribution in [3.8, 4) is 0 Å². The molecule has 5 atom stereocenters. The van der Waals surface area contributed by atoms with Crippen molar-refractivity contribution in [3.63, 3.8) is 0 Å². The van der Waals surface area contributed by atoms with Gasteiger partial charge in [-0.25, -0.2) is 0 Å². The lowest BCUT2D eigenvalue weighted by atomic mass is 9.85. The van der Waals surface area contributed by atoms with Crippen molar-refractivity contribution in [1.29, 1.82) is 0 Å². The number of alkyl halides is 2. The van der Waals surface area contributed by atoms with Gasteiger partial charge in [0.2, 0.25) is 41.4 Å². The summed E-state index contributed by atoms with van der Waals surface area (Å²) in [5.74, 6) is -5.07. The Bertz CT molecular complexity index is 3280. The Morgan fingerprint density at radius 1 is 0.833 bits per heavy atom. The minimum atomic E-state index is -5.87. The van der Waals surface area contributed by atoms with E-state index in [1.807, 2.05) is 30.3 Å². The fraction of sp³-hybridized carbons (Fsp3) is 0.500. The van der Waals surface area contributed by atoms with E-state index < -0.39 is 89.9 Å². The molecule has 9 N–H and O–H groups in total. The zero-order valence-electron chi connectivity index (χ0n) is 47.8. The van der Waals surface area contributed by atoms with Crippen molar-refractivity contribution in [3.05, 3.63) is 99.4 Å². The van der Waals surface area contributed by atoms with Gasteiger partial charge in [0.25, 0.3) is 11.8 Å². The molecule has 22 nitrogen and oxygen atoms in total. The van der Waals surface area contributed by atoms with Gasteiger partial charge in [0.15, 0.2) is 0 Å². The number of carbonyl (C=O) groups excluding carboxylic acids is 9. The van der Waals surface area contributed by atoms with E-state index >= 15 is 0 Å². The molecular formula is C58H73F2N10O12PS. The molecule has 0 saturated carbocycles. The summed E-state index contributed by atoms with van der Waals surface area (Å²) in [5.41, 5.74) is 2.85. The normalized spacial score (nSPS) is 19.1. The molecule has 26 heteroatoms. The fourth-order valence-electron chi connectivity index (χ4n) is 11.0. The second-order valence-electron chi connectivity index (χ2n) is 24.0. The molecule has 4 aliphatic heterocycles. The first-order chi connectivity index (χ1) is 39.4. The molecular weight excluding hydrogens is 1130 g/mol. The first kappa shape index (κ1) is 62.9. The predicted molar refractivity (Wildman–Crippen MR) is 308 cm³/mol. The summed E-state index contributed by atoms with van der Waals surface area (Å²) in [7, 11) is -5.87. The van der Waals surface area contributed by atoms with E-state index in [1.54, 1.807) is 37.8 Å². The summed E-state index contributed by atoms with van der Waals surface area (Å²) in [6, 6.07) is 11.7. The molecule has 5 heterocycles. The molecule has 4 aliphatic rings. The van der Waals surface area contributed by atoms with Crippen LogP contribution in [0.3, 0.4) is 0 Å². The Labute approximate surface area is 489 Å². The third-order valence-electron chi connectivity index (χ3n) is 15.9. The SMILES string of the molecule is CC(C)(C)c1ccc(C[C@H](NC(=O)[C@H](CCC(N)=O)NC(=O)[C@@H]2CCCN2C(=O)[C@@H](NC(=O)c2cc3cc(C(F)(F)P(=O)(O)O)ccc3s2)C(C)(C)C)C(=O)N2CCN(CCNc3cccc4c3CN(C3CCC(=O)NC3=O)C4=O)CC2)cc1. The van der Waals surface area contributed by atoms with E-state index in [-0.39, 0.29) is 85.0 Å². The number of primary amides is 1. The zero-order chi connectivity index (χ0) is 61.2. The Morgan fingerprint density at radius 3 is 2.17 bits per heavy atom. The van der Waals surface area contributed by atoms with Crippen LogP contribution in [0.2, 0.25) is 0 Å². The van der Waals surface area contributed by atoms with Crippen LogP contribution in [0.4, 0.5) is 14.5 Å². The number of rotatable bonds is 20. The maximum absolute atomic E-state index is 14.7. The van der Waals surface area contributed by atoms with Crippen LogP contribution in [0, 0.1) is 5.41 Å². The molecule has 3 aromatic carbocycles. The van der Waals surface area contributed by atoms with Gasteiger partial charge in [-0.1, -0.05) is 77.9 Å². The van der Waals surface area contributed by atoms with E-state index in [2.05, 4.69) is 52.3 Å². The van der Waals surface area contributed by atoms with Crippen molar-refractivity contribution in [2.75, 3.05) is 51.1 Å². The van der Waals surface area contributed by atoms with Crippen molar-refractivity contribution in [1.82, 2.24) is 40.9 Å². The largest absolute Gasteiger partial charge is 0.399 e. The predicted octanol–water partition coefficient (Wildman–Crippen LogP) is 4.06. The number of piperazine rings is 1. The quantitative estimate of drug-likeness (QED) is 0.0458. The van der Waals surface area contributed by atoms with Gasteiger partial charge in [-0.05, 0) is 83.4 Å². The number of fused-ring (bicyclic) bond motifs is 2. The number of benzene rings is 3. The van der Waals surface area contributed by atoms with E-state index in [0.29, 0.717) is 56.0 Å². The van der Waals surface area contributed by atoms with Crippen LogP contribution in [0.25, 0.3) is 10.1 Å². The van der Waals surface area contributed by atoms with Gasteiger partial charge in [0.1, 0.15) is 30.2 Å². The lowest BCUT2D eigenvalue weighted by Gasteiger charge is -2.37. The molecule has 8 rings (SSSR count). The van der Waals surface area contributed by atoms with Gasteiger partial charge in [-0.2, -0.15) is 8.78 Å². The monoisotopic (exact) mass is 1200 g/mol. The standard InChI is InChI=1S/C58H73F2N10O12PS/c1-56(2,3)35-14-12-33(13-15-35)29-41(54(78)68-27-25-67(26-28-68)24-22-62-39-10-7-9-37-38(39)32-70(53(37)77)43-18-21-47(72)65-51(43)75)64-49(73)40(17-20-46(61)71)63-50(74)42-11-8-23-69(42)55(79)48(57(4,5)6)66-52(76)45-31-34-30-36(16-19-44(34)84-45)58(59,60)83(80,81)82/h7,9-10,12-16,19,30-31,40-43,48,62H,8,11,17-18,20-29,32H2,1-6H3,(H2,61,71)(H,63,74)(H,64,73)(H,66,76)(H,65,72,75)(H2,80,81,82)/t40-,41-,42-,43?,48+/m0/s1. The van der Waals surface area contributed by atoms with Crippen LogP contribution in [0.15, 0.2) is 66.7 Å². The number of nitrogens with one attached hydrogen (secondary N) is 5. The molecule has 3 fully saturated rings. The summed E-state index contributed by atoms with van der Waals surface area (Å²) in [5, 5.41) is 14.3. The van der Waals surface area contributed by atoms with Crippen LogP contribution in [0.5, 0.6) is 0 Å². The summed E-state index contributed by atoms with van der Waals surface area (Å²) in [4.78, 5) is 147. The maximum Gasteiger partial charge on any atom is 0.399 e. The summed E-state index contributed by atoms with van der Waals surface area (Å²) < 4.78 is 41.1. The fourth-order valence-corrected chi connectivity index (χ4v) is 12.4. The van der Waals surface area contributed by atoms with Gasteiger partial charge in [-0.15, -0.1) is 11.3 Å². The first-order valence-electron chi connectivity index (χ1n) is 28.0. The molecule has 1 unspecified atom stereocenters. The molecule has 3 saturated heterocycles. The number of hydrogen-bond donors (Lipinski definition) is 8. The van der Waals surface area contributed by atoms with Gasteiger partial charge in [0, 0.05) is 98.7 Å². The topological polar surface area (TPSA) is 310 Å². The lowest BCUT2D eigenvalue weighted by molar-refractivity contribution is -0.143. The number of piperidine rings is 1. The number of anilines is 1. The average Bonchev–Trinajstić information content (AvgIpc) is 2.23. The van der Waals surface area contributed by atoms with E-state index in [4.69, 9.17) is 5.73 Å². The van der Waals surface area contributed by atoms with Crippen molar-refractivity contribution >= 4 is 87.9 Å². The van der Waals surface area contributed by atoms with Crippen LogP contribution >= 0.6 is 18.9 Å². The first-order valence-corrected chi connectivity index (χ1v) is 30.4. The number of nitrogens with zero attached hydrogens (tertiary/aromatic N) is 4. The second-order valence-corrected chi connectivity index (χ2v) is 26.7. The van der Waals surface area contributed by atoms with Crippen LogP contribution in [-0.2, 0) is 62.2 Å². The van der Waals surface area contributed by atoms with E-state index in [9.17, 15) is 66.3 Å². The third-order valence-corrected chi connectivity index (χ3v) is 18.0. The molecule has 0 bridgehead atoms. The van der Waals surface area contributed by atoms with Gasteiger partial charge in [-0.3, -0.25) is 57.9 Å². The number of halogens is 2. The summed E-state index contributed by atoms with van der Waals surface area (Å²) >= 11 is 0.913. The molecule has 9 amide bonds. The molecule has 452 valence electrons. The molecule has 0 aliphatic carbocycles. The van der Waals surface area contributed by atoms with Crippen molar-refractivity contribution in [2.24, 2.45) is 11.1 Å². The molecule has 0 spiro atoms. The average molecular weight is 1200 g/mol. The molecule has 84 heavy (non-hydrogen) atoms. The summed E-state index contributed by atoms with van der Waals surface area (Å²) in [6.07, 6.45) is 0.487. The number of carbonyl (C=O) groups is 9. The van der Waals surface area contributed by atoms with Gasteiger partial charge in [0.05, 0.1) is 4.88 Å². The number of nitrogens with two attached hydrogens (primary N) is 1. The molecule has 1 aromatic heterocycles. The Kier molecular flexibility index (Phi) is 18.8. The zero-order valence-corrected chi connectivity index (χ0v) is 49.5. The molecule has 0 radical (unpaired) electrons. The smallest absolute Gasteiger partial charge is 0.383 e. The second kappa shape index (κ2) is 25.2. The highest BCUT2D eigenvalue weighted by Crippen LogP contribution is 2.59. The Hall–Kier alpha value is -7.18. The lowest BCUT2D eigenvalue weighted by Crippen LogP contribution is -2.60. The van der Waals surface area contributed by atoms with Crippen LogP contribution in [-0.4, -0.2) is 159 Å². The number of hydrogen-bond acceptors (Lipinski definition) is 13. The van der Waals surface area contributed by atoms with Crippen molar-refractivity contribution < 1.29 is 66.3 Å². The maximum atomic E-state index is 14.7. The Morgan fingerprint density at radius 2 is 1.52 bits per heavy atom. The van der Waals surface area contributed by atoms with Crippen LogP contribution in [0.1, 0.15) is 122 Å². The third kappa shape index (κ3) is 14.3. The van der Waals surface area contributed by atoms with E-state index in [1.165, 1.54) is 21.9 Å². The van der Waals surface area contributed by atoms with E-state index in [0.717, 1.165) is 45.8 Å². The molecule has 4 aromatic rings. The van der Waals surface area contributed by atoms with Gasteiger partial charge < -0.3 is 51.5 Å². The minimum absolute atomic E-state index is 0.0180. The number of likely N-dealkylation sites (tertiary alicyclic amines) is 1. The number of amides is 9. The number of thiophene rings is 1. The van der Waals surface area contributed by atoms with Crippen LogP contribution < -0.4 is 32.3 Å². The highest BCUT2D eigenvalue weighted by molar-refractivity contribution is 7.52. The summed E-state index contributed by atoms with van der Waals surface area (Å²) in [6.45, 7) is 14.4. The Balaban J connectivity index is 0.924. The highest BCUT2D eigenvalue weighted by Gasteiger charge is 2.51.